The molecule has 3 nitrogen and oxygen atoms in total. The van der Waals surface area contributed by atoms with Crippen molar-refractivity contribution in [2.24, 2.45) is 5.92 Å². The van der Waals surface area contributed by atoms with Gasteiger partial charge in [-0.2, -0.15) is 5.06 Å². The Morgan fingerprint density at radius 3 is 2.36 bits per heavy atom. The van der Waals surface area contributed by atoms with Crippen molar-refractivity contribution in [3.05, 3.63) is 0 Å². The Balaban J connectivity index is 2.30. The highest BCUT2D eigenvalue weighted by atomic mass is 16.7. The van der Waals surface area contributed by atoms with Crippen LogP contribution in [0, 0.1) is 5.92 Å². The van der Waals surface area contributed by atoms with Crippen LogP contribution in [-0.4, -0.2) is 31.0 Å². The fourth-order valence-electron chi connectivity index (χ4n) is 1.44. The van der Waals surface area contributed by atoms with E-state index in [4.69, 9.17) is 4.84 Å². The van der Waals surface area contributed by atoms with Crippen molar-refractivity contribution in [3.8, 4) is 0 Å². The Bertz CT molecular complexity index is 139. The highest BCUT2D eigenvalue weighted by Crippen LogP contribution is 2.17. The molecule has 1 aliphatic rings. The largest absolute Gasteiger partial charge is 0.302 e. The van der Waals surface area contributed by atoms with E-state index in [0.29, 0.717) is 5.78 Å². The quantitative estimate of drug-likeness (QED) is 0.595. The topological polar surface area (TPSA) is 29.5 Å². The van der Waals surface area contributed by atoms with Crippen molar-refractivity contribution in [2.75, 3.05) is 20.2 Å². The number of carbonyl (C=O) groups excluding carboxylic acids is 1. The zero-order valence-electron chi connectivity index (χ0n) is 7.17. The Labute approximate surface area is 67.3 Å². The van der Waals surface area contributed by atoms with E-state index >= 15 is 0 Å². The first kappa shape index (κ1) is 8.68. The lowest BCUT2D eigenvalue weighted by Gasteiger charge is -2.28. The lowest BCUT2D eigenvalue weighted by molar-refractivity contribution is -0.152. The van der Waals surface area contributed by atoms with Crippen LogP contribution in [0.2, 0.25) is 0 Å². The van der Waals surface area contributed by atoms with Crippen LogP contribution in [0.5, 0.6) is 0 Å². The maximum absolute atomic E-state index is 10.9. The molecule has 1 heterocycles. The van der Waals surface area contributed by atoms with E-state index in [9.17, 15) is 4.79 Å². The second-order valence-electron chi connectivity index (χ2n) is 3.00. The second kappa shape index (κ2) is 3.83. The SMILES string of the molecule is CON1CCC(C(C)=O)CC1. The molecule has 0 unspecified atom stereocenters. The van der Waals surface area contributed by atoms with Gasteiger partial charge in [0.25, 0.3) is 0 Å². The van der Waals surface area contributed by atoms with Crippen LogP contribution in [-0.2, 0) is 9.63 Å². The predicted octanol–water partition coefficient (Wildman–Crippen LogP) is 0.849. The van der Waals surface area contributed by atoms with E-state index in [1.165, 1.54) is 0 Å². The van der Waals surface area contributed by atoms with Gasteiger partial charge in [0.1, 0.15) is 5.78 Å². The van der Waals surface area contributed by atoms with E-state index in [2.05, 4.69) is 0 Å². The lowest BCUT2D eigenvalue weighted by atomic mass is 9.94. The van der Waals surface area contributed by atoms with Gasteiger partial charge in [0, 0.05) is 19.0 Å². The summed E-state index contributed by atoms with van der Waals surface area (Å²) in [6.07, 6.45) is 1.90. The summed E-state index contributed by atoms with van der Waals surface area (Å²) in [4.78, 5) is 16.0. The Morgan fingerprint density at radius 2 is 2.00 bits per heavy atom. The van der Waals surface area contributed by atoms with Gasteiger partial charge in [0.15, 0.2) is 0 Å². The third-order valence-corrected chi connectivity index (χ3v) is 2.29. The van der Waals surface area contributed by atoms with Gasteiger partial charge in [-0.1, -0.05) is 0 Å². The zero-order chi connectivity index (χ0) is 8.27. The molecule has 0 atom stereocenters. The molecule has 64 valence electrons. The molecule has 0 radical (unpaired) electrons. The summed E-state index contributed by atoms with van der Waals surface area (Å²) in [5.74, 6) is 0.599. The monoisotopic (exact) mass is 157 g/mol. The first-order valence-corrected chi connectivity index (χ1v) is 4.03. The molecular formula is C8H15NO2. The number of Topliss-reactive ketones (excluding diaryl/α,β-unsaturated/α-hetero) is 1. The Hall–Kier alpha value is -0.410. The third-order valence-electron chi connectivity index (χ3n) is 2.29. The summed E-state index contributed by atoms with van der Waals surface area (Å²) in [5, 5.41) is 1.90. The molecule has 0 bridgehead atoms. The number of piperidine rings is 1. The van der Waals surface area contributed by atoms with Crippen molar-refractivity contribution in [2.45, 2.75) is 19.8 Å². The number of hydrogen-bond acceptors (Lipinski definition) is 3. The van der Waals surface area contributed by atoms with E-state index < -0.39 is 0 Å². The summed E-state index contributed by atoms with van der Waals surface area (Å²) in [6.45, 7) is 3.45. The molecule has 1 fully saturated rings. The predicted molar refractivity (Wildman–Crippen MR) is 42.0 cm³/mol. The molecule has 1 saturated heterocycles. The van der Waals surface area contributed by atoms with Crippen LogP contribution in [0.1, 0.15) is 19.8 Å². The maximum atomic E-state index is 10.9. The van der Waals surface area contributed by atoms with E-state index in [1.807, 2.05) is 5.06 Å². The summed E-state index contributed by atoms with van der Waals surface area (Å²) in [5.41, 5.74) is 0. The minimum atomic E-state index is 0.279. The van der Waals surface area contributed by atoms with Crippen molar-refractivity contribution in [3.63, 3.8) is 0 Å². The number of hydroxylamine groups is 2. The van der Waals surface area contributed by atoms with Crippen LogP contribution in [0.4, 0.5) is 0 Å². The molecular weight excluding hydrogens is 142 g/mol. The van der Waals surface area contributed by atoms with E-state index in [1.54, 1.807) is 14.0 Å². The third kappa shape index (κ3) is 2.27. The van der Waals surface area contributed by atoms with Gasteiger partial charge in [-0.05, 0) is 19.8 Å². The molecule has 0 aromatic heterocycles. The van der Waals surface area contributed by atoms with Gasteiger partial charge in [-0.3, -0.25) is 4.79 Å². The summed E-state index contributed by atoms with van der Waals surface area (Å²) < 4.78 is 0. The van der Waals surface area contributed by atoms with Gasteiger partial charge < -0.3 is 4.84 Å². The molecule has 1 aliphatic heterocycles. The normalized spacial score (nSPS) is 22.0. The highest BCUT2D eigenvalue weighted by molar-refractivity contribution is 5.78. The average molecular weight is 157 g/mol. The van der Waals surface area contributed by atoms with E-state index in [-0.39, 0.29) is 5.92 Å². The molecule has 11 heavy (non-hydrogen) atoms. The minimum absolute atomic E-state index is 0.279. The smallest absolute Gasteiger partial charge is 0.133 e. The van der Waals surface area contributed by atoms with Gasteiger partial charge in [-0.15, -0.1) is 0 Å². The molecule has 0 amide bonds. The van der Waals surface area contributed by atoms with Gasteiger partial charge in [0.2, 0.25) is 0 Å². The molecule has 3 heteroatoms. The number of hydrogen-bond donors (Lipinski definition) is 0. The van der Waals surface area contributed by atoms with Crippen LogP contribution in [0.25, 0.3) is 0 Å². The minimum Gasteiger partial charge on any atom is -0.302 e. The van der Waals surface area contributed by atoms with Crippen molar-refractivity contribution >= 4 is 5.78 Å². The number of ketones is 1. The van der Waals surface area contributed by atoms with Crippen LogP contribution in [0.15, 0.2) is 0 Å². The molecule has 0 N–H and O–H groups in total. The molecule has 0 aliphatic carbocycles. The Kier molecular flexibility index (Phi) is 3.02. The second-order valence-corrected chi connectivity index (χ2v) is 3.00. The van der Waals surface area contributed by atoms with Gasteiger partial charge >= 0.3 is 0 Å². The first-order valence-electron chi connectivity index (χ1n) is 4.03. The lowest BCUT2D eigenvalue weighted by Crippen LogP contribution is -2.34. The fourth-order valence-corrected chi connectivity index (χ4v) is 1.44. The number of rotatable bonds is 2. The highest BCUT2D eigenvalue weighted by Gasteiger charge is 2.21. The van der Waals surface area contributed by atoms with Crippen molar-refractivity contribution in [1.29, 1.82) is 0 Å². The molecule has 0 aromatic rings. The van der Waals surface area contributed by atoms with Crippen molar-refractivity contribution in [1.82, 2.24) is 5.06 Å². The maximum Gasteiger partial charge on any atom is 0.133 e. The van der Waals surface area contributed by atoms with Crippen LogP contribution >= 0.6 is 0 Å². The fraction of sp³-hybridized carbons (Fsp3) is 0.875. The van der Waals surface area contributed by atoms with Crippen LogP contribution < -0.4 is 0 Å². The summed E-state index contributed by atoms with van der Waals surface area (Å²) in [6, 6.07) is 0. The van der Waals surface area contributed by atoms with Gasteiger partial charge in [-0.25, -0.2) is 0 Å². The number of carbonyl (C=O) groups is 1. The Morgan fingerprint density at radius 1 is 1.45 bits per heavy atom. The molecule has 0 spiro atoms. The van der Waals surface area contributed by atoms with Crippen LogP contribution in [0.3, 0.4) is 0 Å². The average Bonchev–Trinajstić information content (AvgIpc) is 2.05. The van der Waals surface area contributed by atoms with Crippen molar-refractivity contribution < 1.29 is 9.63 Å². The molecule has 0 aromatic carbocycles. The number of nitrogens with zero attached hydrogens (tertiary/aromatic N) is 1. The zero-order valence-corrected chi connectivity index (χ0v) is 7.17. The molecule has 0 saturated carbocycles. The standard InChI is InChI=1S/C8H15NO2/c1-7(10)8-3-5-9(11-2)6-4-8/h8H,3-6H2,1-2H3. The summed E-state index contributed by atoms with van der Waals surface area (Å²) >= 11 is 0. The summed E-state index contributed by atoms with van der Waals surface area (Å²) in [7, 11) is 1.67. The van der Waals surface area contributed by atoms with E-state index in [0.717, 1.165) is 25.9 Å². The van der Waals surface area contributed by atoms with Gasteiger partial charge in [0.05, 0.1) is 7.11 Å². The molecule has 1 rings (SSSR count). The first-order chi connectivity index (χ1) is 5.24.